The van der Waals surface area contributed by atoms with Crippen LogP contribution in [0.1, 0.15) is 5.56 Å². The van der Waals surface area contributed by atoms with E-state index in [1.165, 1.54) is 20.5 Å². The summed E-state index contributed by atoms with van der Waals surface area (Å²) < 4.78 is 10.4. The Labute approximate surface area is 96.8 Å². The molecule has 0 saturated carbocycles. The second-order valence-corrected chi connectivity index (χ2v) is 3.68. The van der Waals surface area contributed by atoms with Crippen LogP contribution >= 0.6 is 15.9 Å². The molecule has 0 fully saturated rings. The van der Waals surface area contributed by atoms with Crippen LogP contribution in [0, 0.1) is 0 Å². The lowest BCUT2D eigenvalue weighted by Gasteiger charge is -2.05. The Balaban J connectivity index is 3.05. The summed E-state index contributed by atoms with van der Waals surface area (Å²) >= 11 is 3.32. The molecule has 80 valence electrons. The van der Waals surface area contributed by atoms with Gasteiger partial charge in [0.25, 0.3) is 0 Å². The van der Waals surface area contributed by atoms with E-state index in [4.69, 9.17) is 4.74 Å². The van der Waals surface area contributed by atoms with Crippen molar-refractivity contribution in [1.82, 2.24) is 0 Å². The minimum absolute atomic E-state index is 0.396. The highest BCUT2D eigenvalue weighted by Gasteiger charge is 2.12. The van der Waals surface area contributed by atoms with Gasteiger partial charge in [-0.15, -0.1) is 0 Å². The minimum atomic E-state index is -0.417. The van der Waals surface area contributed by atoms with Crippen molar-refractivity contribution in [3.8, 4) is 0 Å². The third-order valence-electron chi connectivity index (χ3n) is 1.80. The van der Waals surface area contributed by atoms with Crippen molar-refractivity contribution < 1.29 is 14.3 Å². The number of halogens is 1. The molecule has 0 N–H and O–H groups in total. The van der Waals surface area contributed by atoms with E-state index in [-0.39, 0.29) is 0 Å². The van der Waals surface area contributed by atoms with Gasteiger partial charge in [-0.1, -0.05) is 28.1 Å². The Bertz CT molecular complexity index is 368. The zero-order chi connectivity index (χ0) is 11.3. The number of ether oxygens (including phenoxy) is 2. The molecule has 1 rings (SSSR count). The van der Waals surface area contributed by atoms with E-state index in [0.29, 0.717) is 5.57 Å². The molecule has 0 aromatic heterocycles. The molecule has 0 atom stereocenters. The summed E-state index contributed by atoms with van der Waals surface area (Å²) in [7, 11) is 2.83. The maximum absolute atomic E-state index is 11.4. The Morgan fingerprint density at radius 1 is 1.27 bits per heavy atom. The van der Waals surface area contributed by atoms with Crippen molar-refractivity contribution >= 4 is 27.5 Å². The summed E-state index contributed by atoms with van der Waals surface area (Å²) in [6.07, 6.45) is 1.37. The number of benzene rings is 1. The summed E-state index contributed by atoms with van der Waals surface area (Å²) in [5, 5.41) is 0. The molecule has 0 aliphatic heterocycles. The standard InChI is InChI=1S/C11H11BrO3/c1-14-7-10(11(13)15-2)8-3-5-9(12)6-4-8/h3-7H,1-2H3/b10-7+. The molecule has 0 heterocycles. The zero-order valence-corrected chi connectivity index (χ0v) is 10.1. The summed E-state index contributed by atoms with van der Waals surface area (Å²) in [5.74, 6) is -0.417. The van der Waals surface area contributed by atoms with Crippen LogP contribution in [0.5, 0.6) is 0 Å². The third-order valence-corrected chi connectivity index (χ3v) is 2.32. The monoisotopic (exact) mass is 270 g/mol. The van der Waals surface area contributed by atoms with Gasteiger partial charge >= 0.3 is 5.97 Å². The minimum Gasteiger partial charge on any atom is -0.503 e. The van der Waals surface area contributed by atoms with E-state index >= 15 is 0 Å². The highest BCUT2D eigenvalue weighted by atomic mass is 79.9. The largest absolute Gasteiger partial charge is 0.503 e. The van der Waals surface area contributed by atoms with E-state index < -0.39 is 5.97 Å². The molecule has 15 heavy (non-hydrogen) atoms. The first-order chi connectivity index (χ1) is 7.19. The van der Waals surface area contributed by atoms with Gasteiger partial charge in [0.05, 0.1) is 20.5 Å². The normalized spacial score (nSPS) is 11.0. The first-order valence-electron chi connectivity index (χ1n) is 4.26. The van der Waals surface area contributed by atoms with Crippen LogP contribution < -0.4 is 0 Å². The van der Waals surface area contributed by atoms with Crippen molar-refractivity contribution in [2.75, 3.05) is 14.2 Å². The summed E-state index contributed by atoms with van der Waals surface area (Å²) in [6.45, 7) is 0. The maximum atomic E-state index is 11.4. The molecular weight excluding hydrogens is 260 g/mol. The highest BCUT2D eigenvalue weighted by molar-refractivity contribution is 9.10. The Hall–Kier alpha value is -1.29. The number of rotatable bonds is 3. The fraction of sp³-hybridized carbons (Fsp3) is 0.182. The van der Waals surface area contributed by atoms with E-state index in [1.54, 1.807) is 0 Å². The Morgan fingerprint density at radius 3 is 2.33 bits per heavy atom. The fourth-order valence-electron chi connectivity index (χ4n) is 1.09. The van der Waals surface area contributed by atoms with Gasteiger partial charge in [0.2, 0.25) is 0 Å². The van der Waals surface area contributed by atoms with Crippen LogP contribution in [0.3, 0.4) is 0 Å². The topological polar surface area (TPSA) is 35.5 Å². The van der Waals surface area contributed by atoms with Gasteiger partial charge in [0, 0.05) is 4.47 Å². The molecule has 4 heteroatoms. The molecule has 0 aliphatic carbocycles. The van der Waals surface area contributed by atoms with Crippen LogP contribution in [0.4, 0.5) is 0 Å². The number of methoxy groups -OCH3 is 2. The zero-order valence-electron chi connectivity index (χ0n) is 8.49. The molecule has 1 aromatic carbocycles. The first-order valence-corrected chi connectivity index (χ1v) is 5.05. The fourth-order valence-corrected chi connectivity index (χ4v) is 1.36. The van der Waals surface area contributed by atoms with Crippen LogP contribution in [-0.2, 0) is 14.3 Å². The van der Waals surface area contributed by atoms with E-state index in [1.807, 2.05) is 24.3 Å². The molecule has 0 saturated heterocycles. The van der Waals surface area contributed by atoms with Crippen LogP contribution in [-0.4, -0.2) is 20.2 Å². The molecule has 0 spiro atoms. The average molecular weight is 271 g/mol. The van der Waals surface area contributed by atoms with Crippen molar-refractivity contribution in [1.29, 1.82) is 0 Å². The quantitative estimate of drug-likeness (QED) is 0.481. The first kappa shape index (κ1) is 11.8. The van der Waals surface area contributed by atoms with Crippen molar-refractivity contribution in [2.45, 2.75) is 0 Å². The molecule has 0 radical (unpaired) electrons. The van der Waals surface area contributed by atoms with Gasteiger partial charge in [-0.05, 0) is 17.7 Å². The summed E-state index contributed by atoms with van der Waals surface area (Å²) in [5.41, 5.74) is 1.15. The number of carbonyl (C=O) groups excluding carboxylic acids is 1. The molecule has 1 aromatic rings. The highest BCUT2D eigenvalue weighted by Crippen LogP contribution is 2.19. The van der Waals surface area contributed by atoms with Crippen molar-refractivity contribution in [2.24, 2.45) is 0 Å². The van der Waals surface area contributed by atoms with Gasteiger partial charge in [-0.3, -0.25) is 0 Å². The summed E-state index contributed by atoms with van der Waals surface area (Å²) in [4.78, 5) is 11.4. The Morgan fingerprint density at radius 2 is 1.87 bits per heavy atom. The number of esters is 1. The molecule has 0 aliphatic rings. The number of hydrogen-bond donors (Lipinski definition) is 0. The maximum Gasteiger partial charge on any atom is 0.341 e. The predicted molar refractivity (Wildman–Crippen MR) is 61.1 cm³/mol. The number of carbonyl (C=O) groups is 1. The lowest BCUT2D eigenvalue weighted by molar-refractivity contribution is -0.133. The van der Waals surface area contributed by atoms with Gasteiger partial charge in [0.15, 0.2) is 0 Å². The lowest BCUT2D eigenvalue weighted by Crippen LogP contribution is -2.04. The van der Waals surface area contributed by atoms with Gasteiger partial charge in [0.1, 0.15) is 5.57 Å². The van der Waals surface area contributed by atoms with Crippen LogP contribution in [0.2, 0.25) is 0 Å². The average Bonchev–Trinajstić information content (AvgIpc) is 2.26. The molecule has 0 amide bonds. The smallest absolute Gasteiger partial charge is 0.341 e. The third kappa shape index (κ3) is 3.09. The summed E-state index contributed by atoms with van der Waals surface area (Å²) in [6, 6.07) is 7.32. The van der Waals surface area contributed by atoms with E-state index in [0.717, 1.165) is 10.0 Å². The predicted octanol–water partition coefficient (Wildman–Crippen LogP) is 2.61. The molecular formula is C11H11BrO3. The van der Waals surface area contributed by atoms with Crippen LogP contribution in [0.15, 0.2) is 35.0 Å². The van der Waals surface area contributed by atoms with Crippen LogP contribution in [0.25, 0.3) is 5.57 Å². The lowest BCUT2D eigenvalue weighted by atomic mass is 10.1. The van der Waals surface area contributed by atoms with Gasteiger partial charge in [-0.25, -0.2) is 4.79 Å². The SMILES string of the molecule is CO/C=C(/C(=O)OC)c1ccc(Br)cc1. The van der Waals surface area contributed by atoms with E-state index in [2.05, 4.69) is 20.7 Å². The van der Waals surface area contributed by atoms with E-state index in [9.17, 15) is 4.79 Å². The Kier molecular flexibility index (Phi) is 4.37. The second kappa shape index (κ2) is 5.56. The molecule has 3 nitrogen and oxygen atoms in total. The molecule has 0 unspecified atom stereocenters. The second-order valence-electron chi connectivity index (χ2n) is 2.77. The van der Waals surface area contributed by atoms with Gasteiger partial charge < -0.3 is 9.47 Å². The van der Waals surface area contributed by atoms with Crippen molar-refractivity contribution in [3.63, 3.8) is 0 Å². The van der Waals surface area contributed by atoms with Crippen molar-refractivity contribution in [3.05, 3.63) is 40.6 Å². The molecule has 0 bridgehead atoms. The van der Waals surface area contributed by atoms with Gasteiger partial charge in [-0.2, -0.15) is 0 Å². The number of hydrogen-bond acceptors (Lipinski definition) is 3.